The van der Waals surface area contributed by atoms with Crippen molar-refractivity contribution in [1.82, 2.24) is 15.5 Å². The molecule has 2 amide bonds. The van der Waals surface area contributed by atoms with Gasteiger partial charge in [-0.15, -0.1) is 12.4 Å². The summed E-state index contributed by atoms with van der Waals surface area (Å²) < 4.78 is 0. The van der Waals surface area contributed by atoms with E-state index >= 15 is 0 Å². The lowest BCUT2D eigenvalue weighted by atomic mass is 10.1. The van der Waals surface area contributed by atoms with E-state index in [9.17, 15) is 9.59 Å². The zero-order valence-corrected chi connectivity index (χ0v) is 12.3. The van der Waals surface area contributed by atoms with Gasteiger partial charge in [-0.3, -0.25) is 9.59 Å². The van der Waals surface area contributed by atoms with E-state index < -0.39 is 0 Å². The number of amides is 2. The highest BCUT2D eigenvalue weighted by molar-refractivity contribution is 5.85. The van der Waals surface area contributed by atoms with Crippen molar-refractivity contribution in [3.63, 3.8) is 0 Å². The van der Waals surface area contributed by atoms with Gasteiger partial charge in [-0.05, 0) is 25.7 Å². The van der Waals surface area contributed by atoms with Gasteiger partial charge in [-0.25, -0.2) is 0 Å². The molecule has 0 aromatic heterocycles. The van der Waals surface area contributed by atoms with Crippen molar-refractivity contribution >= 4 is 24.2 Å². The summed E-state index contributed by atoms with van der Waals surface area (Å²) in [6, 6.07) is 1.04. The topological polar surface area (TPSA) is 61.4 Å². The molecule has 0 aromatic carbocycles. The van der Waals surface area contributed by atoms with Crippen molar-refractivity contribution in [3.05, 3.63) is 0 Å². The van der Waals surface area contributed by atoms with Gasteiger partial charge in [0.15, 0.2) is 0 Å². The molecule has 2 N–H and O–H groups in total. The monoisotopic (exact) mass is 289 g/mol. The Morgan fingerprint density at radius 1 is 1.26 bits per heavy atom. The smallest absolute Gasteiger partial charge is 0.242 e. The summed E-state index contributed by atoms with van der Waals surface area (Å²) >= 11 is 0. The molecular formula is C13H24ClN3O2. The molecule has 2 heterocycles. The largest absolute Gasteiger partial charge is 0.347 e. The highest BCUT2D eigenvalue weighted by Gasteiger charge is 2.30. The molecule has 2 bridgehead atoms. The normalized spacial score (nSPS) is 25.4. The van der Waals surface area contributed by atoms with E-state index in [2.05, 4.69) is 10.6 Å². The van der Waals surface area contributed by atoms with E-state index in [4.69, 9.17) is 0 Å². The number of halogens is 1. The van der Waals surface area contributed by atoms with Crippen molar-refractivity contribution in [2.75, 3.05) is 19.6 Å². The molecule has 0 spiro atoms. The van der Waals surface area contributed by atoms with Gasteiger partial charge in [-0.2, -0.15) is 0 Å². The Morgan fingerprint density at radius 3 is 2.74 bits per heavy atom. The van der Waals surface area contributed by atoms with Crippen molar-refractivity contribution < 1.29 is 9.59 Å². The van der Waals surface area contributed by atoms with Crippen LogP contribution < -0.4 is 10.6 Å². The van der Waals surface area contributed by atoms with Crippen LogP contribution in [0.3, 0.4) is 0 Å². The molecule has 2 fully saturated rings. The molecule has 110 valence electrons. The molecule has 6 heteroatoms. The first-order chi connectivity index (χ1) is 8.69. The van der Waals surface area contributed by atoms with Crippen LogP contribution in [0.5, 0.6) is 0 Å². The van der Waals surface area contributed by atoms with E-state index in [1.165, 1.54) is 6.42 Å². The van der Waals surface area contributed by atoms with Crippen molar-refractivity contribution in [1.29, 1.82) is 0 Å². The second kappa shape index (κ2) is 7.70. The van der Waals surface area contributed by atoms with Gasteiger partial charge >= 0.3 is 0 Å². The third kappa shape index (κ3) is 4.66. The van der Waals surface area contributed by atoms with Crippen LogP contribution >= 0.6 is 12.4 Å². The number of nitrogens with zero attached hydrogens (tertiary/aromatic N) is 1. The molecule has 2 aliphatic rings. The van der Waals surface area contributed by atoms with Gasteiger partial charge in [0.2, 0.25) is 11.8 Å². The highest BCUT2D eigenvalue weighted by atomic mass is 35.5. The number of nitrogens with one attached hydrogen (secondary N) is 2. The fourth-order valence-electron chi connectivity index (χ4n) is 2.77. The fraction of sp³-hybridized carbons (Fsp3) is 0.846. The SMILES string of the molecule is CCCC(=O)NCC(=O)N1CCC2CCC(C1)N2.Cl. The van der Waals surface area contributed by atoms with E-state index in [-0.39, 0.29) is 30.8 Å². The fourth-order valence-corrected chi connectivity index (χ4v) is 2.77. The first-order valence-corrected chi connectivity index (χ1v) is 6.99. The van der Waals surface area contributed by atoms with Crippen LogP contribution in [0, 0.1) is 0 Å². The Bertz CT molecular complexity index is 325. The molecule has 2 rings (SSSR count). The second-order valence-electron chi connectivity index (χ2n) is 5.29. The van der Waals surface area contributed by atoms with Gasteiger partial charge in [-0.1, -0.05) is 6.92 Å². The summed E-state index contributed by atoms with van der Waals surface area (Å²) in [5.41, 5.74) is 0. The summed E-state index contributed by atoms with van der Waals surface area (Å²) in [6.07, 6.45) is 4.75. The number of carbonyl (C=O) groups excluding carboxylic acids is 2. The van der Waals surface area contributed by atoms with Crippen LogP contribution in [0.2, 0.25) is 0 Å². The molecule has 0 aliphatic carbocycles. The Hall–Kier alpha value is -0.810. The average Bonchev–Trinajstić information content (AvgIpc) is 2.66. The molecule has 0 radical (unpaired) electrons. The van der Waals surface area contributed by atoms with E-state index in [1.54, 1.807) is 0 Å². The number of fused-ring (bicyclic) bond motifs is 2. The van der Waals surface area contributed by atoms with Gasteiger partial charge in [0.25, 0.3) is 0 Å². The van der Waals surface area contributed by atoms with Gasteiger partial charge in [0.1, 0.15) is 0 Å². The highest BCUT2D eigenvalue weighted by Crippen LogP contribution is 2.20. The first-order valence-electron chi connectivity index (χ1n) is 6.99. The van der Waals surface area contributed by atoms with Gasteiger partial charge in [0, 0.05) is 31.6 Å². The molecule has 2 atom stereocenters. The van der Waals surface area contributed by atoms with E-state index in [0.29, 0.717) is 18.5 Å². The van der Waals surface area contributed by atoms with Gasteiger partial charge in [0.05, 0.1) is 6.54 Å². The standard InChI is InChI=1S/C13H23N3O2.ClH/c1-2-3-12(17)14-8-13(18)16-7-6-10-4-5-11(9-16)15-10;/h10-11,15H,2-9H2,1H3,(H,14,17);1H. The lowest BCUT2D eigenvalue weighted by Gasteiger charge is -2.24. The average molecular weight is 290 g/mol. The number of likely N-dealkylation sites (tertiary alicyclic amines) is 1. The van der Waals surface area contributed by atoms with Crippen molar-refractivity contribution in [3.8, 4) is 0 Å². The molecule has 2 aliphatic heterocycles. The summed E-state index contributed by atoms with van der Waals surface area (Å²) in [4.78, 5) is 25.2. The molecule has 2 saturated heterocycles. The molecular weight excluding hydrogens is 266 g/mol. The number of carbonyl (C=O) groups is 2. The Kier molecular flexibility index (Phi) is 6.58. The van der Waals surface area contributed by atoms with Crippen LogP contribution in [-0.4, -0.2) is 48.4 Å². The summed E-state index contributed by atoms with van der Waals surface area (Å²) in [6.45, 7) is 3.71. The van der Waals surface area contributed by atoms with Crippen LogP contribution in [0.4, 0.5) is 0 Å². The number of rotatable bonds is 4. The van der Waals surface area contributed by atoms with Crippen LogP contribution in [0.15, 0.2) is 0 Å². The minimum Gasteiger partial charge on any atom is -0.347 e. The minimum absolute atomic E-state index is 0. The predicted octanol–water partition coefficient (Wildman–Crippen LogP) is 0.677. The Labute approximate surface area is 120 Å². The lowest BCUT2D eigenvalue weighted by Crippen LogP contribution is -2.44. The molecule has 0 aromatic rings. The van der Waals surface area contributed by atoms with Gasteiger partial charge < -0.3 is 15.5 Å². The third-order valence-electron chi connectivity index (χ3n) is 3.79. The maximum absolute atomic E-state index is 12.0. The van der Waals surface area contributed by atoms with Crippen LogP contribution in [0.1, 0.15) is 39.0 Å². The molecule has 2 unspecified atom stereocenters. The van der Waals surface area contributed by atoms with Crippen molar-refractivity contribution in [2.45, 2.75) is 51.1 Å². The first kappa shape index (κ1) is 16.2. The number of hydrogen-bond acceptors (Lipinski definition) is 3. The predicted molar refractivity (Wildman–Crippen MR) is 76.3 cm³/mol. The summed E-state index contributed by atoms with van der Waals surface area (Å²) in [7, 11) is 0. The molecule has 5 nitrogen and oxygen atoms in total. The second-order valence-corrected chi connectivity index (χ2v) is 5.29. The lowest BCUT2D eigenvalue weighted by molar-refractivity contribution is -0.133. The van der Waals surface area contributed by atoms with E-state index in [1.807, 2.05) is 11.8 Å². The number of hydrogen-bond donors (Lipinski definition) is 2. The quantitative estimate of drug-likeness (QED) is 0.800. The van der Waals surface area contributed by atoms with Crippen molar-refractivity contribution in [2.24, 2.45) is 0 Å². The Balaban J connectivity index is 0.00000180. The van der Waals surface area contributed by atoms with Crippen LogP contribution in [-0.2, 0) is 9.59 Å². The summed E-state index contributed by atoms with van der Waals surface area (Å²) in [5.74, 6) is 0.0223. The van der Waals surface area contributed by atoms with E-state index in [0.717, 1.165) is 32.4 Å². The zero-order valence-electron chi connectivity index (χ0n) is 11.5. The maximum atomic E-state index is 12.0. The van der Waals surface area contributed by atoms with Crippen LogP contribution in [0.25, 0.3) is 0 Å². The minimum atomic E-state index is -0.0275. The maximum Gasteiger partial charge on any atom is 0.242 e. The summed E-state index contributed by atoms with van der Waals surface area (Å²) in [5, 5.41) is 6.24. The Morgan fingerprint density at radius 2 is 2.00 bits per heavy atom. The third-order valence-corrected chi connectivity index (χ3v) is 3.79. The molecule has 0 saturated carbocycles. The molecule has 19 heavy (non-hydrogen) atoms. The zero-order chi connectivity index (χ0) is 13.0.